The lowest BCUT2D eigenvalue weighted by atomic mass is 10.1. The predicted molar refractivity (Wildman–Crippen MR) is 148 cm³/mol. The standard InChI is InChI=1S/C29H36N4O5/c1-29(2,3)38-28(34)30-15-16-33(4)19-20-9-11-21(12-10-20)31-24-14-13-23(32-27(24)35-5)22-7-6-8-25-26(22)37-18-17-36-25/h6-14,31H,15-19H2,1-5H3,(H,30,34). The molecule has 0 spiro atoms. The lowest BCUT2D eigenvalue weighted by Crippen LogP contribution is -2.36. The summed E-state index contributed by atoms with van der Waals surface area (Å²) in [6.45, 7) is 8.56. The zero-order chi connectivity index (χ0) is 27.1. The van der Waals surface area contributed by atoms with Gasteiger partial charge >= 0.3 is 6.09 Å². The molecule has 0 bridgehead atoms. The number of anilines is 2. The first-order valence-electron chi connectivity index (χ1n) is 12.7. The van der Waals surface area contributed by atoms with Crippen LogP contribution in [0, 0.1) is 0 Å². The lowest BCUT2D eigenvalue weighted by Gasteiger charge is -2.21. The zero-order valence-corrected chi connectivity index (χ0v) is 22.7. The highest BCUT2D eigenvalue weighted by Gasteiger charge is 2.19. The summed E-state index contributed by atoms with van der Waals surface area (Å²) < 4.78 is 22.4. The monoisotopic (exact) mass is 520 g/mol. The molecule has 0 unspecified atom stereocenters. The third-order valence-electron chi connectivity index (χ3n) is 5.74. The zero-order valence-electron chi connectivity index (χ0n) is 22.7. The molecule has 0 fully saturated rings. The van der Waals surface area contributed by atoms with Crippen molar-refractivity contribution in [2.45, 2.75) is 32.9 Å². The topological polar surface area (TPSA) is 94.2 Å². The second kappa shape index (κ2) is 12.0. The van der Waals surface area contributed by atoms with Gasteiger partial charge in [-0.1, -0.05) is 18.2 Å². The van der Waals surface area contributed by atoms with Crippen molar-refractivity contribution in [2.75, 3.05) is 45.8 Å². The summed E-state index contributed by atoms with van der Waals surface area (Å²) in [6, 6.07) is 17.9. The molecular weight excluding hydrogens is 484 g/mol. The summed E-state index contributed by atoms with van der Waals surface area (Å²) in [5.74, 6) is 1.91. The number of para-hydroxylation sites is 1. The van der Waals surface area contributed by atoms with E-state index in [2.05, 4.69) is 27.7 Å². The quantitative estimate of drug-likeness (QED) is 0.396. The highest BCUT2D eigenvalue weighted by atomic mass is 16.6. The molecule has 1 amide bonds. The van der Waals surface area contributed by atoms with Gasteiger partial charge in [0, 0.05) is 30.9 Å². The number of likely N-dealkylation sites (N-methyl/N-ethyl adjacent to an activating group) is 1. The molecule has 0 saturated heterocycles. The van der Waals surface area contributed by atoms with Crippen LogP contribution in [0.15, 0.2) is 54.6 Å². The van der Waals surface area contributed by atoms with Crippen LogP contribution in [0.5, 0.6) is 17.4 Å². The third-order valence-corrected chi connectivity index (χ3v) is 5.74. The van der Waals surface area contributed by atoms with Crippen LogP contribution in [-0.4, -0.2) is 62.0 Å². The van der Waals surface area contributed by atoms with E-state index in [4.69, 9.17) is 23.9 Å². The van der Waals surface area contributed by atoms with Crippen molar-refractivity contribution in [3.05, 3.63) is 60.2 Å². The molecule has 2 heterocycles. The number of carbonyl (C=O) groups excluding carboxylic acids is 1. The number of nitrogens with zero attached hydrogens (tertiary/aromatic N) is 2. The largest absolute Gasteiger partial charge is 0.486 e. The fourth-order valence-corrected chi connectivity index (χ4v) is 4.02. The average molecular weight is 521 g/mol. The summed E-state index contributed by atoms with van der Waals surface area (Å²) in [5.41, 5.74) is 3.95. The molecule has 9 nitrogen and oxygen atoms in total. The minimum absolute atomic E-state index is 0.398. The number of fused-ring (bicyclic) bond motifs is 1. The fourth-order valence-electron chi connectivity index (χ4n) is 4.02. The van der Waals surface area contributed by atoms with Gasteiger partial charge in [-0.15, -0.1) is 0 Å². The van der Waals surface area contributed by atoms with Crippen LogP contribution in [-0.2, 0) is 11.3 Å². The number of aromatic nitrogens is 1. The van der Waals surface area contributed by atoms with Crippen molar-refractivity contribution >= 4 is 17.5 Å². The first-order valence-corrected chi connectivity index (χ1v) is 12.7. The van der Waals surface area contributed by atoms with E-state index in [0.717, 1.165) is 40.5 Å². The number of ether oxygens (including phenoxy) is 4. The van der Waals surface area contributed by atoms with Gasteiger partial charge in [-0.25, -0.2) is 9.78 Å². The van der Waals surface area contributed by atoms with Gasteiger partial charge in [0.25, 0.3) is 0 Å². The maximum atomic E-state index is 11.8. The van der Waals surface area contributed by atoms with E-state index in [-0.39, 0.29) is 0 Å². The van der Waals surface area contributed by atoms with Crippen molar-refractivity contribution < 1.29 is 23.7 Å². The third kappa shape index (κ3) is 7.29. The Morgan fingerprint density at radius 3 is 2.55 bits per heavy atom. The van der Waals surface area contributed by atoms with Crippen LogP contribution in [0.3, 0.4) is 0 Å². The molecule has 38 heavy (non-hydrogen) atoms. The Labute approximate surface area is 224 Å². The number of amides is 1. The molecule has 9 heteroatoms. The highest BCUT2D eigenvalue weighted by molar-refractivity contribution is 5.75. The molecule has 1 aliphatic rings. The molecular formula is C29H36N4O5. The number of methoxy groups -OCH3 is 1. The van der Waals surface area contributed by atoms with Gasteiger partial charge in [-0.2, -0.15) is 0 Å². The molecule has 0 atom stereocenters. The molecule has 3 aromatic rings. The highest BCUT2D eigenvalue weighted by Crippen LogP contribution is 2.40. The Morgan fingerprint density at radius 2 is 1.82 bits per heavy atom. The number of rotatable bonds is 9. The van der Waals surface area contributed by atoms with Crippen molar-refractivity contribution in [2.24, 2.45) is 0 Å². The summed E-state index contributed by atoms with van der Waals surface area (Å²) in [6.07, 6.45) is -0.398. The molecule has 0 radical (unpaired) electrons. The summed E-state index contributed by atoms with van der Waals surface area (Å²) in [5, 5.41) is 6.18. The van der Waals surface area contributed by atoms with Crippen LogP contribution in [0.25, 0.3) is 11.3 Å². The smallest absolute Gasteiger partial charge is 0.407 e. The minimum Gasteiger partial charge on any atom is -0.486 e. The van der Waals surface area contributed by atoms with E-state index in [0.29, 0.717) is 37.9 Å². The number of benzene rings is 2. The SMILES string of the molecule is COc1nc(-c2cccc3c2OCCO3)ccc1Nc1ccc(CN(C)CCNC(=O)OC(C)(C)C)cc1. The first kappa shape index (κ1) is 27.1. The molecule has 0 saturated carbocycles. The second-order valence-electron chi connectivity index (χ2n) is 10.1. The summed E-state index contributed by atoms with van der Waals surface area (Å²) >= 11 is 0. The van der Waals surface area contributed by atoms with Gasteiger partial charge in [-0.05, 0) is 69.8 Å². The Bertz CT molecular complexity index is 1240. The van der Waals surface area contributed by atoms with Gasteiger partial charge < -0.3 is 34.5 Å². The van der Waals surface area contributed by atoms with Crippen molar-refractivity contribution in [1.82, 2.24) is 15.2 Å². The molecule has 4 rings (SSSR count). The van der Waals surface area contributed by atoms with Crippen molar-refractivity contribution in [3.8, 4) is 28.6 Å². The van der Waals surface area contributed by atoms with Gasteiger partial charge in [0.1, 0.15) is 24.5 Å². The Hall–Kier alpha value is -3.98. The molecule has 202 valence electrons. The van der Waals surface area contributed by atoms with E-state index in [1.54, 1.807) is 7.11 Å². The van der Waals surface area contributed by atoms with Gasteiger partial charge in [-0.3, -0.25) is 0 Å². The Balaban J connectivity index is 1.34. The van der Waals surface area contributed by atoms with E-state index in [9.17, 15) is 4.79 Å². The van der Waals surface area contributed by atoms with Crippen LogP contribution in [0.1, 0.15) is 26.3 Å². The minimum atomic E-state index is -0.500. The Kier molecular flexibility index (Phi) is 8.58. The van der Waals surface area contributed by atoms with Crippen molar-refractivity contribution in [3.63, 3.8) is 0 Å². The number of hydrogen-bond acceptors (Lipinski definition) is 8. The molecule has 2 aromatic carbocycles. The molecule has 1 aromatic heterocycles. The van der Waals surface area contributed by atoms with Crippen LogP contribution >= 0.6 is 0 Å². The number of nitrogens with one attached hydrogen (secondary N) is 2. The first-order chi connectivity index (χ1) is 18.2. The van der Waals surface area contributed by atoms with E-state index in [1.165, 1.54) is 0 Å². The molecule has 2 N–H and O–H groups in total. The fraction of sp³-hybridized carbons (Fsp3) is 0.379. The lowest BCUT2D eigenvalue weighted by molar-refractivity contribution is 0.0523. The normalized spacial score (nSPS) is 12.7. The summed E-state index contributed by atoms with van der Waals surface area (Å²) in [7, 11) is 3.62. The van der Waals surface area contributed by atoms with Gasteiger partial charge in [0.15, 0.2) is 11.5 Å². The van der Waals surface area contributed by atoms with E-state index in [1.807, 2.05) is 70.3 Å². The van der Waals surface area contributed by atoms with Gasteiger partial charge in [0.2, 0.25) is 5.88 Å². The van der Waals surface area contributed by atoms with E-state index < -0.39 is 11.7 Å². The van der Waals surface area contributed by atoms with Crippen LogP contribution in [0.2, 0.25) is 0 Å². The number of hydrogen-bond donors (Lipinski definition) is 2. The van der Waals surface area contributed by atoms with Gasteiger partial charge in [0.05, 0.1) is 12.8 Å². The molecule has 0 aliphatic carbocycles. The van der Waals surface area contributed by atoms with Crippen molar-refractivity contribution in [1.29, 1.82) is 0 Å². The maximum Gasteiger partial charge on any atom is 0.407 e. The maximum absolute atomic E-state index is 11.8. The Morgan fingerprint density at radius 1 is 1.05 bits per heavy atom. The summed E-state index contributed by atoms with van der Waals surface area (Å²) in [4.78, 5) is 18.7. The number of alkyl carbamates (subject to hydrolysis) is 1. The van der Waals surface area contributed by atoms with Crippen LogP contribution < -0.4 is 24.8 Å². The van der Waals surface area contributed by atoms with E-state index >= 15 is 0 Å². The number of pyridine rings is 1. The number of carbonyl (C=O) groups is 1. The van der Waals surface area contributed by atoms with Crippen LogP contribution in [0.4, 0.5) is 16.2 Å². The second-order valence-corrected chi connectivity index (χ2v) is 10.1. The predicted octanol–water partition coefficient (Wildman–Crippen LogP) is 5.23. The molecule has 1 aliphatic heterocycles. The average Bonchev–Trinajstić information content (AvgIpc) is 2.88.